The number of anilines is 1. The maximum absolute atomic E-state index is 12.2. The predicted octanol–water partition coefficient (Wildman–Crippen LogP) is 3.51. The Labute approximate surface area is 194 Å². The molecule has 1 N–H and O–H groups in total. The molecule has 0 aromatic heterocycles. The van der Waals surface area contributed by atoms with Crippen LogP contribution in [0.2, 0.25) is 0 Å². The van der Waals surface area contributed by atoms with Gasteiger partial charge >= 0.3 is 6.09 Å². The first-order valence-corrected chi connectivity index (χ1v) is 11.2. The Morgan fingerprint density at radius 1 is 1.06 bits per heavy atom. The zero-order chi connectivity index (χ0) is 23.8. The van der Waals surface area contributed by atoms with Gasteiger partial charge in [-0.25, -0.2) is 14.4 Å². The van der Waals surface area contributed by atoms with Crippen LogP contribution in [0.3, 0.4) is 0 Å². The fourth-order valence-electron chi connectivity index (χ4n) is 4.22. The third-order valence-corrected chi connectivity index (χ3v) is 5.90. The molecule has 0 saturated carbocycles. The van der Waals surface area contributed by atoms with Gasteiger partial charge in [-0.05, 0) is 32.0 Å². The number of rotatable bonds is 4. The van der Waals surface area contributed by atoms with E-state index in [0.717, 1.165) is 34.9 Å². The van der Waals surface area contributed by atoms with Gasteiger partial charge in [-0.1, -0.05) is 18.2 Å². The number of hydrogen-bond donors (Lipinski definition) is 1. The summed E-state index contributed by atoms with van der Waals surface area (Å²) in [5.74, 6) is -0.456. The van der Waals surface area contributed by atoms with Crippen LogP contribution < -0.4 is 15.2 Å². The molecule has 0 bridgehead atoms. The molecule has 0 atom stereocenters. The summed E-state index contributed by atoms with van der Waals surface area (Å²) in [7, 11) is 0. The third kappa shape index (κ3) is 3.75. The zero-order valence-corrected chi connectivity index (χ0v) is 18.8. The monoisotopic (exact) mass is 459 g/mol. The van der Waals surface area contributed by atoms with Gasteiger partial charge in [0.05, 0.1) is 11.5 Å². The largest absolute Gasteiger partial charge is 0.452 e. The number of carbonyl (C=O) groups is 3. The van der Waals surface area contributed by atoms with Gasteiger partial charge in [-0.2, -0.15) is 0 Å². The third-order valence-electron chi connectivity index (χ3n) is 5.90. The molecule has 172 valence electrons. The number of benzene rings is 3. The molecule has 2 aromatic carbocycles. The number of amides is 3. The van der Waals surface area contributed by atoms with Crippen LogP contribution in [-0.4, -0.2) is 41.0 Å². The molecule has 3 amide bonds. The van der Waals surface area contributed by atoms with Crippen molar-refractivity contribution in [2.45, 2.75) is 26.7 Å². The molecule has 9 heteroatoms. The normalized spacial score (nSPS) is 13.8. The van der Waals surface area contributed by atoms with E-state index >= 15 is 0 Å². The summed E-state index contributed by atoms with van der Waals surface area (Å²) >= 11 is 0. The van der Waals surface area contributed by atoms with E-state index in [9.17, 15) is 14.4 Å². The number of hydroxylamine groups is 2. The first-order chi connectivity index (χ1) is 16.5. The lowest BCUT2D eigenvalue weighted by Crippen LogP contribution is -2.33. The summed E-state index contributed by atoms with van der Waals surface area (Å²) < 4.78 is 8.48. The number of carbonyl (C=O) groups excluding carboxylic acids is 3. The number of imide groups is 1. The number of nitrogens with one attached hydrogen (secondary N) is 1. The topological polar surface area (TPSA) is 105 Å². The van der Waals surface area contributed by atoms with E-state index in [1.54, 1.807) is 18.2 Å². The molecule has 1 fully saturated rings. The minimum atomic E-state index is -0.938. The molecule has 9 nitrogen and oxygen atoms in total. The average molecular weight is 459 g/mol. The summed E-state index contributed by atoms with van der Waals surface area (Å²) in [6.07, 6.45) is -0.875. The van der Waals surface area contributed by atoms with Crippen molar-refractivity contribution in [2.24, 2.45) is 0 Å². The highest BCUT2D eigenvalue weighted by molar-refractivity contribution is 6.02. The second kappa shape index (κ2) is 8.58. The lowest BCUT2D eigenvalue weighted by molar-refractivity contribution is -0.170. The van der Waals surface area contributed by atoms with E-state index in [2.05, 4.69) is 29.8 Å². The van der Waals surface area contributed by atoms with E-state index in [0.29, 0.717) is 27.6 Å². The van der Waals surface area contributed by atoms with Gasteiger partial charge in [0, 0.05) is 30.0 Å². The van der Waals surface area contributed by atoms with Crippen LogP contribution in [0.5, 0.6) is 0 Å². The molecule has 5 rings (SSSR count). The summed E-state index contributed by atoms with van der Waals surface area (Å²) in [6.45, 7) is 5.92. The molecule has 1 aliphatic carbocycles. The van der Waals surface area contributed by atoms with Crippen molar-refractivity contribution in [3.05, 3.63) is 53.9 Å². The van der Waals surface area contributed by atoms with Gasteiger partial charge < -0.3 is 9.25 Å². The second-order valence-electron chi connectivity index (χ2n) is 7.94. The fraction of sp³-hybridized carbons (Fsp3) is 0.240. The Hall–Kier alpha value is -4.27. The first-order valence-electron chi connectivity index (χ1n) is 11.2. The van der Waals surface area contributed by atoms with Crippen LogP contribution in [0.25, 0.3) is 33.3 Å². The molecular formula is C25H23N4O5+. The number of fused-ring (bicyclic) bond motifs is 4. The molecule has 0 unspecified atom stereocenters. The lowest BCUT2D eigenvalue weighted by atomic mass is 10.0. The van der Waals surface area contributed by atoms with E-state index in [4.69, 9.17) is 14.2 Å². The maximum atomic E-state index is 12.2. The van der Waals surface area contributed by atoms with Crippen molar-refractivity contribution in [1.82, 2.24) is 14.6 Å². The van der Waals surface area contributed by atoms with Crippen LogP contribution in [0.4, 0.5) is 10.5 Å². The standard InChI is InChI=1S/C25H22N4O5/c1-3-28(4-2)19-14-21-24(17-8-6-5-7-16(17)19)27-18-10-9-15(13-20(18)33-21)26-25(32)34-29-22(30)11-12-23(29)31/h5-10,13-14H,3-4,11-12H2,1-2H3/p+1. The van der Waals surface area contributed by atoms with Crippen LogP contribution >= 0.6 is 0 Å². The molecule has 0 spiro atoms. The van der Waals surface area contributed by atoms with Crippen molar-refractivity contribution in [1.29, 1.82) is 0 Å². The minimum absolute atomic E-state index is 0.0316. The van der Waals surface area contributed by atoms with Gasteiger partial charge in [0.15, 0.2) is 11.3 Å². The van der Waals surface area contributed by atoms with E-state index in [1.807, 2.05) is 24.3 Å². The first kappa shape index (κ1) is 21.6. The minimum Gasteiger partial charge on any atom is -0.452 e. The van der Waals surface area contributed by atoms with Crippen molar-refractivity contribution < 1.29 is 23.6 Å². The van der Waals surface area contributed by atoms with Crippen LogP contribution in [0.15, 0.2) is 52.9 Å². The predicted molar refractivity (Wildman–Crippen MR) is 126 cm³/mol. The van der Waals surface area contributed by atoms with Crippen molar-refractivity contribution >= 4 is 45.5 Å². The Bertz CT molecular complexity index is 1480. The Kier molecular flexibility index (Phi) is 5.45. The van der Waals surface area contributed by atoms with E-state index in [1.165, 1.54) is 0 Å². The quantitative estimate of drug-likeness (QED) is 0.217. The SMILES string of the molecule is CC[N+](CC)=c1cc2oc3cc(NC(=O)ON4C(=O)CCC4=O)ccc3nc-2c2ccccc12. The molecule has 2 aliphatic heterocycles. The van der Waals surface area contributed by atoms with Gasteiger partial charge in [-0.15, -0.1) is 5.06 Å². The zero-order valence-electron chi connectivity index (χ0n) is 18.8. The van der Waals surface area contributed by atoms with Gasteiger partial charge in [0.2, 0.25) is 5.36 Å². The van der Waals surface area contributed by atoms with Gasteiger partial charge in [0.25, 0.3) is 11.8 Å². The van der Waals surface area contributed by atoms with Gasteiger partial charge in [-0.3, -0.25) is 14.9 Å². The Morgan fingerprint density at radius 3 is 2.47 bits per heavy atom. The highest BCUT2D eigenvalue weighted by Crippen LogP contribution is 2.31. The molecule has 2 heterocycles. The summed E-state index contributed by atoms with van der Waals surface area (Å²) in [4.78, 5) is 45.2. The van der Waals surface area contributed by atoms with Crippen LogP contribution in [-0.2, 0) is 14.4 Å². The molecule has 34 heavy (non-hydrogen) atoms. The van der Waals surface area contributed by atoms with E-state index < -0.39 is 17.9 Å². The van der Waals surface area contributed by atoms with E-state index in [-0.39, 0.29) is 12.8 Å². The van der Waals surface area contributed by atoms with Crippen molar-refractivity contribution in [3.8, 4) is 11.5 Å². The smallest absolute Gasteiger partial charge is 0.436 e. The van der Waals surface area contributed by atoms with Crippen molar-refractivity contribution in [2.75, 3.05) is 18.4 Å². The van der Waals surface area contributed by atoms with Crippen molar-refractivity contribution in [3.63, 3.8) is 0 Å². The van der Waals surface area contributed by atoms with Gasteiger partial charge in [0.1, 0.15) is 24.3 Å². The maximum Gasteiger partial charge on any atom is 0.436 e. The summed E-state index contributed by atoms with van der Waals surface area (Å²) in [5, 5.41) is 6.19. The number of aromatic nitrogens is 1. The molecule has 3 aliphatic rings. The lowest BCUT2D eigenvalue weighted by Gasteiger charge is -2.14. The summed E-state index contributed by atoms with van der Waals surface area (Å²) in [5.41, 5.74) is 2.23. The number of hydrogen-bond acceptors (Lipinski definition) is 6. The summed E-state index contributed by atoms with van der Waals surface area (Å²) in [6, 6.07) is 15.1. The Balaban J connectivity index is 1.56. The highest BCUT2D eigenvalue weighted by atomic mass is 16.7. The fourth-order valence-corrected chi connectivity index (χ4v) is 4.22. The molecular weight excluding hydrogens is 436 g/mol. The number of nitrogens with zero attached hydrogens (tertiary/aromatic N) is 3. The molecule has 1 saturated heterocycles. The van der Waals surface area contributed by atoms with Crippen LogP contribution in [0.1, 0.15) is 26.7 Å². The Morgan fingerprint density at radius 2 is 1.76 bits per heavy atom. The second-order valence-corrected chi connectivity index (χ2v) is 7.94. The molecule has 0 radical (unpaired) electrons. The molecule has 2 aromatic rings. The highest BCUT2D eigenvalue weighted by Gasteiger charge is 2.33. The average Bonchev–Trinajstić information content (AvgIpc) is 3.15. The van der Waals surface area contributed by atoms with Crippen LogP contribution in [0, 0.1) is 0 Å².